The van der Waals surface area contributed by atoms with Gasteiger partial charge in [0.2, 0.25) is 0 Å². The Morgan fingerprint density at radius 1 is 1.56 bits per heavy atom. The molecule has 0 bridgehead atoms. The Kier molecular flexibility index (Phi) is 5.69. The molecule has 0 amide bonds. The highest BCUT2D eigenvalue weighted by molar-refractivity contribution is 5.92. The molecule has 1 aliphatic heterocycles. The molecule has 100 valence electrons. The largest absolute Gasteiger partial charge is 0.490 e. The molecule has 0 saturated carbocycles. The third-order valence-corrected chi connectivity index (χ3v) is 2.95. The van der Waals surface area contributed by atoms with E-state index in [0.29, 0.717) is 11.3 Å². The van der Waals surface area contributed by atoms with Crippen LogP contribution in [0.5, 0.6) is 0 Å². The van der Waals surface area contributed by atoms with Crippen molar-refractivity contribution in [3.63, 3.8) is 0 Å². The van der Waals surface area contributed by atoms with E-state index in [1.807, 2.05) is 13.0 Å². The van der Waals surface area contributed by atoms with Crippen molar-refractivity contribution in [3.05, 3.63) is 35.6 Å². The monoisotopic (exact) mass is 250 g/mol. The number of ether oxygens (including phenoxy) is 2. The minimum absolute atomic E-state index is 0.107. The lowest BCUT2D eigenvalue weighted by Gasteiger charge is -2.26. The van der Waals surface area contributed by atoms with Crippen LogP contribution in [0, 0.1) is 0 Å². The van der Waals surface area contributed by atoms with Crippen LogP contribution in [0.15, 0.2) is 35.6 Å². The van der Waals surface area contributed by atoms with Crippen LogP contribution in [0.25, 0.3) is 0 Å². The molecular formula is C15H22O3. The SMILES string of the molecule is C=CCOC(=O)C1=C(C)OC(CCC)C(CC)=C1. The first-order valence-electron chi connectivity index (χ1n) is 6.50. The predicted molar refractivity (Wildman–Crippen MR) is 72.0 cm³/mol. The van der Waals surface area contributed by atoms with Gasteiger partial charge in [0.15, 0.2) is 0 Å². The van der Waals surface area contributed by atoms with Crippen molar-refractivity contribution in [1.29, 1.82) is 0 Å². The lowest BCUT2D eigenvalue weighted by Crippen LogP contribution is -2.22. The average molecular weight is 250 g/mol. The van der Waals surface area contributed by atoms with Gasteiger partial charge in [-0.25, -0.2) is 4.79 Å². The molecular weight excluding hydrogens is 228 g/mol. The topological polar surface area (TPSA) is 35.5 Å². The van der Waals surface area contributed by atoms with Gasteiger partial charge in [0.05, 0.1) is 5.57 Å². The fraction of sp³-hybridized carbons (Fsp3) is 0.533. The molecule has 0 spiro atoms. The van der Waals surface area contributed by atoms with E-state index >= 15 is 0 Å². The summed E-state index contributed by atoms with van der Waals surface area (Å²) < 4.78 is 10.9. The lowest BCUT2D eigenvalue weighted by atomic mass is 9.97. The summed E-state index contributed by atoms with van der Waals surface area (Å²) in [6.45, 7) is 9.77. The second-order valence-electron chi connectivity index (χ2n) is 4.32. The zero-order chi connectivity index (χ0) is 13.5. The number of rotatable bonds is 6. The van der Waals surface area contributed by atoms with Gasteiger partial charge in [-0.3, -0.25) is 0 Å². The van der Waals surface area contributed by atoms with Crippen LogP contribution in [0.2, 0.25) is 0 Å². The quantitative estimate of drug-likeness (QED) is 0.534. The zero-order valence-corrected chi connectivity index (χ0v) is 11.5. The van der Waals surface area contributed by atoms with E-state index in [1.54, 1.807) is 6.08 Å². The number of carbonyl (C=O) groups excluding carboxylic acids is 1. The van der Waals surface area contributed by atoms with Gasteiger partial charge in [0.25, 0.3) is 0 Å². The third-order valence-electron chi connectivity index (χ3n) is 2.95. The first kappa shape index (κ1) is 14.6. The maximum atomic E-state index is 11.8. The van der Waals surface area contributed by atoms with Crippen molar-refractivity contribution in [3.8, 4) is 0 Å². The Morgan fingerprint density at radius 3 is 2.83 bits per heavy atom. The molecule has 3 nitrogen and oxygen atoms in total. The van der Waals surface area contributed by atoms with Gasteiger partial charge >= 0.3 is 5.97 Å². The molecule has 0 aromatic rings. The van der Waals surface area contributed by atoms with Gasteiger partial charge in [-0.2, -0.15) is 0 Å². The molecule has 0 fully saturated rings. The van der Waals surface area contributed by atoms with Crippen LogP contribution in [0.1, 0.15) is 40.0 Å². The molecule has 1 unspecified atom stereocenters. The summed E-state index contributed by atoms with van der Waals surface area (Å²) in [5, 5.41) is 0. The number of hydrogen-bond acceptors (Lipinski definition) is 3. The molecule has 18 heavy (non-hydrogen) atoms. The van der Waals surface area contributed by atoms with Gasteiger partial charge in [0, 0.05) is 0 Å². The Hall–Kier alpha value is -1.51. The normalized spacial score (nSPS) is 19.1. The van der Waals surface area contributed by atoms with Crippen molar-refractivity contribution in [2.24, 2.45) is 0 Å². The summed E-state index contributed by atoms with van der Waals surface area (Å²) in [5.41, 5.74) is 1.69. The summed E-state index contributed by atoms with van der Waals surface area (Å²) in [7, 11) is 0. The molecule has 0 aromatic carbocycles. The number of esters is 1. The van der Waals surface area contributed by atoms with E-state index in [-0.39, 0.29) is 18.7 Å². The molecule has 3 heteroatoms. The lowest BCUT2D eigenvalue weighted by molar-refractivity contribution is -0.137. The fourth-order valence-corrected chi connectivity index (χ4v) is 1.98. The van der Waals surface area contributed by atoms with Gasteiger partial charge in [-0.1, -0.05) is 32.9 Å². The first-order valence-corrected chi connectivity index (χ1v) is 6.50. The van der Waals surface area contributed by atoms with Crippen LogP contribution in [0.3, 0.4) is 0 Å². The van der Waals surface area contributed by atoms with Crippen molar-refractivity contribution >= 4 is 5.97 Å². The minimum Gasteiger partial charge on any atom is -0.490 e. The summed E-state index contributed by atoms with van der Waals surface area (Å²) in [5.74, 6) is 0.313. The smallest absolute Gasteiger partial charge is 0.341 e. The second kappa shape index (κ2) is 7.04. The van der Waals surface area contributed by atoms with E-state index in [9.17, 15) is 4.79 Å². The van der Waals surface area contributed by atoms with Gasteiger partial charge in [-0.05, 0) is 31.4 Å². The van der Waals surface area contributed by atoms with Gasteiger partial charge in [-0.15, -0.1) is 0 Å². The highest BCUT2D eigenvalue weighted by Gasteiger charge is 2.24. The van der Waals surface area contributed by atoms with Crippen molar-refractivity contribution in [2.45, 2.75) is 46.1 Å². The van der Waals surface area contributed by atoms with E-state index < -0.39 is 0 Å². The molecule has 0 radical (unpaired) electrons. The summed E-state index contributed by atoms with van der Waals surface area (Å²) in [4.78, 5) is 11.8. The average Bonchev–Trinajstić information content (AvgIpc) is 2.36. The predicted octanol–water partition coefficient (Wildman–Crippen LogP) is 3.52. The Bertz CT molecular complexity index is 377. The maximum absolute atomic E-state index is 11.8. The molecule has 0 N–H and O–H groups in total. The Balaban J connectivity index is 2.86. The molecule has 1 heterocycles. The standard InChI is InChI=1S/C15H22O3/c1-5-8-14-12(7-3)10-13(11(4)18-14)15(16)17-9-6-2/h6,10,14H,2,5,7-9H2,1,3-4H3. The van der Waals surface area contributed by atoms with Crippen molar-refractivity contribution in [1.82, 2.24) is 0 Å². The Labute approximate surface area is 109 Å². The summed E-state index contributed by atoms with van der Waals surface area (Å²) in [6, 6.07) is 0. The molecule has 0 saturated heterocycles. The molecule has 1 aliphatic rings. The number of carbonyl (C=O) groups is 1. The van der Waals surface area contributed by atoms with Crippen LogP contribution < -0.4 is 0 Å². The van der Waals surface area contributed by atoms with Gasteiger partial charge < -0.3 is 9.47 Å². The van der Waals surface area contributed by atoms with Crippen LogP contribution in [-0.2, 0) is 14.3 Å². The Morgan fingerprint density at radius 2 is 2.28 bits per heavy atom. The maximum Gasteiger partial charge on any atom is 0.341 e. The van der Waals surface area contributed by atoms with E-state index in [2.05, 4.69) is 20.4 Å². The van der Waals surface area contributed by atoms with E-state index in [1.165, 1.54) is 0 Å². The molecule has 0 aromatic heterocycles. The highest BCUT2D eigenvalue weighted by atomic mass is 16.5. The van der Waals surface area contributed by atoms with Crippen molar-refractivity contribution in [2.75, 3.05) is 6.61 Å². The van der Waals surface area contributed by atoms with E-state index in [4.69, 9.17) is 9.47 Å². The summed E-state index contributed by atoms with van der Waals surface area (Å²) >= 11 is 0. The van der Waals surface area contributed by atoms with Crippen LogP contribution >= 0.6 is 0 Å². The third kappa shape index (κ3) is 3.49. The van der Waals surface area contributed by atoms with Gasteiger partial charge in [0.1, 0.15) is 18.5 Å². The van der Waals surface area contributed by atoms with Crippen LogP contribution in [0.4, 0.5) is 0 Å². The highest BCUT2D eigenvalue weighted by Crippen LogP contribution is 2.28. The molecule has 1 atom stereocenters. The van der Waals surface area contributed by atoms with E-state index in [0.717, 1.165) is 24.8 Å². The number of allylic oxidation sites excluding steroid dienone is 1. The first-order chi connectivity index (χ1) is 8.63. The molecule has 1 rings (SSSR count). The number of hydrogen-bond donors (Lipinski definition) is 0. The zero-order valence-electron chi connectivity index (χ0n) is 11.5. The van der Waals surface area contributed by atoms with Crippen molar-refractivity contribution < 1.29 is 14.3 Å². The second-order valence-corrected chi connectivity index (χ2v) is 4.32. The van der Waals surface area contributed by atoms with Crippen LogP contribution in [-0.4, -0.2) is 18.7 Å². The fourth-order valence-electron chi connectivity index (χ4n) is 1.98. The minimum atomic E-state index is -0.340. The summed E-state index contributed by atoms with van der Waals surface area (Å²) in [6.07, 6.45) is 6.51. The molecule has 0 aliphatic carbocycles.